The first kappa shape index (κ1) is 11.0. The van der Waals surface area contributed by atoms with E-state index in [0.717, 1.165) is 13.1 Å². The normalized spacial score (nSPS) is 30.7. The third kappa shape index (κ3) is 2.93. The second-order valence-corrected chi connectivity index (χ2v) is 4.54. The van der Waals surface area contributed by atoms with E-state index in [9.17, 15) is 5.11 Å². The summed E-state index contributed by atoms with van der Waals surface area (Å²) in [5.74, 6) is 0. The fraction of sp³-hybridized carbons (Fsp3) is 1.00. The highest BCUT2D eigenvalue weighted by Crippen LogP contribution is 2.13. The van der Waals surface area contributed by atoms with Crippen LogP contribution in [-0.2, 0) is 0 Å². The molecule has 0 spiro atoms. The van der Waals surface area contributed by atoms with E-state index in [2.05, 4.69) is 37.9 Å². The SMILES string of the molecule is CC(C)N[C@H]1CN(C(C)C)C[C@H]1O. The second-order valence-electron chi connectivity index (χ2n) is 4.54. The number of nitrogens with one attached hydrogen (secondary N) is 1. The number of β-amino-alcohol motifs (C(OH)–C–C–N with tert-alkyl or cyclic N) is 1. The van der Waals surface area contributed by atoms with Crippen molar-refractivity contribution in [2.24, 2.45) is 0 Å². The van der Waals surface area contributed by atoms with Crippen LogP contribution in [0.3, 0.4) is 0 Å². The molecule has 0 saturated carbocycles. The summed E-state index contributed by atoms with van der Waals surface area (Å²) in [6.07, 6.45) is -0.204. The maximum Gasteiger partial charge on any atom is 0.0832 e. The Labute approximate surface area is 81.1 Å². The largest absolute Gasteiger partial charge is 0.390 e. The summed E-state index contributed by atoms with van der Waals surface area (Å²) >= 11 is 0. The van der Waals surface area contributed by atoms with Crippen LogP contribution in [0.2, 0.25) is 0 Å². The molecule has 3 nitrogen and oxygen atoms in total. The lowest BCUT2D eigenvalue weighted by Gasteiger charge is -2.21. The average Bonchev–Trinajstić information content (AvgIpc) is 2.31. The van der Waals surface area contributed by atoms with Gasteiger partial charge in [-0.05, 0) is 13.8 Å². The molecular formula is C10H22N2O. The van der Waals surface area contributed by atoms with Gasteiger partial charge in [-0.25, -0.2) is 0 Å². The van der Waals surface area contributed by atoms with Gasteiger partial charge in [0.15, 0.2) is 0 Å². The zero-order valence-electron chi connectivity index (χ0n) is 9.12. The van der Waals surface area contributed by atoms with E-state index in [1.807, 2.05) is 0 Å². The van der Waals surface area contributed by atoms with Crippen molar-refractivity contribution in [3.8, 4) is 0 Å². The second kappa shape index (κ2) is 4.40. The lowest BCUT2D eigenvalue weighted by molar-refractivity contribution is 0.146. The number of rotatable bonds is 3. The number of hydrogen-bond acceptors (Lipinski definition) is 3. The number of aliphatic hydroxyl groups excluding tert-OH is 1. The Morgan fingerprint density at radius 1 is 1.23 bits per heavy atom. The highest BCUT2D eigenvalue weighted by molar-refractivity contribution is 4.90. The van der Waals surface area contributed by atoms with E-state index in [1.165, 1.54) is 0 Å². The van der Waals surface area contributed by atoms with Crippen LogP contribution in [0.5, 0.6) is 0 Å². The first-order valence-electron chi connectivity index (χ1n) is 5.19. The summed E-state index contributed by atoms with van der Waals surface area (Å²) in [6.45, 7) is 10.4. The minimum atomic E-state index is -0.204. The van der Waals surface area contributed by atoms with Crippen molar-refractivity contribution in [3.05, 3.63) is 0 Å². The Balaban J connectivity index is 2.42. The Morgan fingerprint density at radius 3 is 2.23 bits per heavy atom. The van der Waals surface area contributed by atoms with Crippen LogP contribution in [0, 0.1) is 0 Å². The lowest BCUT2D eigenvalue weighted by atomic mass is 10.2. The maximum atomic E-state index is 9.75. The van der Waals surface area contributed by atoms with Gasteiger partial charge in [-0.15, -0.1) is 0 Å². The summed E-state index contributed by atoms with van der Waals surface area (Å²) in [5.41, 5.74) is 0. The van der Waals surface area contributed by atoms with E-state index in [0.29, 0.717) is 12.1 Å². The van der Waals surface area contributed by atoms with Gasteiger partial charge in [0.2, 0.25) is 0 Å². The Hall–Kier alpha value is -0.120. The topological polar surface area (TPSA) is 35.5 Å². The standard InChI is InChI=1S/C10H22N2O/c1-7(2)11-9-5-12(8(3)4)6-10(9)13/h7-11,13H,5-6H2,1-4H3/t9-,10+/m0/s1. The van der Waals surface area contributed by atoms with Gasteiger partial charge < -0.3 is 10.4 Å². The van der Waals surface area contributed by atoms with Gasteiger partial charge in [0.05, 0.1) is 6.10 Å². The van der Waals surface area contributed by atoms with E-state index in [1.54, 1.807) is 0 Å². The molecule has 2 atom stereocenters. The lowest BCUT2D eigenvalue weighted by Crippen LogP contribution is -2.43. The van der Waals surface area contributed by atoms with E-state index in [4.69, 9.17) is 0 Å². The molecule has 1 aliphatic heterocycles. The van der Waals surface area contributed by atoms with Crippen molar-refractivity contribution in [1.29, 1.82) is 0 Å². The van der Waals surface area contributed by atoms with Gasteiger partial charge in [0, 0.05) is 31.2 Å². The van der Waals surface area contributed by atoms with Gasteiger partial charge in [0.1, 0.15) is 0 Å². The Morgan fingerprint density at radius 2 is 1.85 bits per heavy atom. The molecule has 0 amide bonds. The van der Waals surface area contributed by atoms with Gasteiger partial charge in [-0.1, -0.05) is 13.8 Å². The smallest absolute Gasteiger partial charge is 0.0832 e. The minimum absolute atomic E-state index is 0.204. The highest BCUT2D eigenvalue weighted by Gasteiger charge is 2.32. The molecule has 1 rings (SSSR count). The molecule has 2 N–H and O–H groups in total. The molecule has 78 valence electrons. The van der Waals surface area contributed by atoms with Crippen molar-refractivity contribution >= 4 is 0 Å². The first-order valence-corrected chi connectivity index (χ1v) is 5.19. The molecule has 1 heterocycles. The molecule has 1 saturated heterocycles. The van der Waals surface area contributed by atoms with Crippen LogP contribution >= 0.6 is 0 Å². The van der Waals surface area contributed by atoms with Crippen LogP contribution in [0.15, 0.2) is 0 Å². The number of aliphatic hydroxyl groups is 1. The fourth-order valence-electron chi connectivity index (χ4n) is 1.83. The molecule has 3 heteroatoms. The molecule has 1 aliphatic rings. The van der Waals surface area contributed by atoms with Gasteiger partial charge in [0.25, 0.3) is 0 Å². The molecule has 13 heavy (non-hydrogen) atoms. The van der Waals surface area contributed by atoms with Crippen molar-refractivity contribution in [3.63, 3.8) is 0 Å². The number of hydrogen-bond donors (Lipinski definition) is 2. The molecular weight excluding hydrogens is 164 g/mol. The minimum Gasteiger partial charge on any atom is -0.390 e. The predicted molar refractivity (Wildman–Crippen MR) is 54.8 cm³/mol. The van der Waals surface area contributed by atoms with Crippen LogP contribution in [0.25, 0.3) is 0 Å². The molecule has 0 bridgehead atoms. The summed E-state index contributed by atoms with van der Waals surface area (Å²) in [5, 5.41) is 13.1. The summed E-state index contributed by atoms with van der Waals surface area (Å²) in [6, 6.07) is 1.24. The molecule has 0 aromatic carbocycles. The summed E-state index contributed by atoms with van der Waals surface area (Å²) in [7, 11) is 0. The third-order valence-electron chi connectivity index (χ3n) is 2.59. The molecule has 0 aromatic rings. The summed E-state index contributed by atoms with van der Waals surface area (Å²) < 4.78 is 0. The quantitative estimate of drug-likeness (QED) is 0.671. The molecule has 0 aromatic heterocycles. The first-order chi connectivity index (χ1) is 6.00. The number of nitrogens with zero attached hydrogens (tertiary/aromatic N) is 1. The fourth-order valence-corrected chi connectivity index (χ4v) is 1.83. The monoisotopic (exact) mass is 186 g/mol. The van der Waals surface area contributed by atoms with Gasteiger partial charge >= 0.3 is 0 Å². The average molecular weight is 186 g/mol. The predicted octanol–water partition coefficient (Wildman–Crippen LogP) is 0.438. The van der Waals surface area contributed by atoms with Gasteiger partial charge in [-0.2, -0.15) is 0 Å². The summed E-state index contributed by atoms with van der Waals surface area (Å²) in [4.78, 5) is 2.31. The molecule has 0 unspecified atom stereocenters. The van der Waals surface area contributed by atoms with Crippen LogP contribution in [-0.4, -0.2) is 47.3 Å². The molecule has 1 fully saturated rings. The van der Waals surface area contributed by atoms with E-state index in [-0.39, 0.29) is 12.1 Å². The van der Waals surface area contributed by atoms with Crippen LogP contribution < -0.4 is 5.32 Å². The van der Waals surface area contributed by atoms with Crippen LogP contribution in [0.1, 0.15) is 27.7 Å². The van der Waals surface area contributed by atoms with Crippen molar-refractivity contribution in [1.82, 2.24) is 10.2 Å². The van der Waals surface area contributed by atoms with Gasteiger partial charge in [-0.3, -0.25) is 4.90 Å². The van der Waals surface area contributed by atoms with Crippen molar-refractivity contribution < 1.29 is 5.11 Å². The Kier molecular flexibility index (Phi) is 3.71. The number of likely N-dealkylation sites (tertiary alicyclic amines) is 1. The van der Waals surface area contributed by atoms with E-state index < -0.39 is 0 Å². The third-order valence-corrected chi connectivity index (χ3v) is 2.59. The Bertz CT molecular complexity index is 159. The van der Waals surface area contributed by atoms with Crippen LogP contribution in [0.4, 0.5) is 0 Å². The van der Waals surface area contributed by atoms with Crippen molar-refractivity contribution in [2.45, 2.75) is 51.9 Å². The molecule has 0 radical (unpaired) electrons. The zero-order valence-corrected chi connectivity index (χ0v) is 9.12. The van der Waals surface area contributed by atoms with E-state index >= 15 is 0 Å². The van der Waals surface area contributed by atoms with Crippen molar-refractivity contribution in [2.75, 3.05) is 13.1 Å². The zero-order chi connectivity index (χ0) is 10.0. The highest BCUT2D eigenvalue weighted by atomic mass is 16.3. The maximum absolute atomic E-state index is 9.75. The molecule has 0 aliphatic carbocycles.